The molecule has 0 spiro atoms. The highest BCUT2D eigenvalue weighted by atomic mass is 16.5. The minimum absolute atomic E-state index is 0.127. The third-order valence-electron chi connectivity index (χ3n) is 7.03. The van der Waals surface area contributed by atoms with Crippen LogP contribution in [0.5, 0.6) is 11.6 Å². The van der Waals surface area contributed by atoms with Gasteiger partial charge < -0.3 is 10.1 Å². The lowest BCUT2D eigenvalue weighted by molar-refractivity contribution is 0.0877. The highest BCUT2D eigenvalue weighted by molar-refractivity contribution is 5.93. The van der Waals surface area contributed by atoms with Gasteiger partial charge in [-0.1, -0.05) is 31.2 Å². The Morgan fingerprint density at radius 3 is 2.76 bits per heavy atom. The van der Waals surface area contributed by atoms with E-state index in [1.54, 1.807) is 41.2 Å². The second-order valence-electron chi connectivity index (χ2n) is 9.63. The lowest BCUT2D eigenvalue weighted by atomic mass is 9.74. The predicted octanol–water partition coefficient (Wildman–Crippen LogP) is 4.46. The number of nitrogens with zero attached hydrogens (tertiary/aromatic N) is 4. The van der Waals surface area contributed by atoms with Crippen molar-refractivity contribution in [3.8, 4) is 11.6 Å². The fourth-order valence-electron chi connectivity index (χ4n) is 5.15. The molecule has 1 amide bonds. The summed E-state index contributed by atoms with van der Waals surface area (Å²) < 4.78 is 7.52. The van der Waals surface area contributed by atoms with Crippen molar-refractivity contribution < 1.29 is 9.53 Å². The van der Waals surface area contributed by atoms with E-state index in [9.17, 15) is 9.59 Å². The molecule has 1 aliphatic carbocycles. The van der Waals surface area contributed by atoms with Crippen LogP contribution in [0.4, 0.5) is 0 Å². The molecule has 1 aliphatic rings. The van der Waals surface area contributed by atoms with Crippen molar-refractivity contribution in [2.45, 2.75) is 38.1 Å². The normalized spacial score (nSPS) is 17.9. The maximum absolute atomic E-state index is 13.0. The van der Waals surface area contributed by atoms with Crippen LogP contribution in [-0.4, -0.2) is 36.5 Å². The summed E-state index contributed by atoms with van der Waals surface area (Å²) in [5.74, 6) is 1.64. The topological polar surface area (TPSA) is 114 Å². The van der Waals surface area contributed by atoms with Crippen LogP contribution in [-0.2, 0) is 0 Å². The maximum atomic E-state index is 13.0. The highest BCUT2D eigenvalue weighted by Crippen LogP contribution is 2.37. The van der Waals surface area contributed by atoms with Crippen molar-refractivity contribution >= 4 is 22.3 Å². The first-order valence-corrected chi connectivity index (χ1v) is 12.4. The predicted molar refractivity (Wildman–Crippen MR) is 139 cm³/mol. The second kappa shape index (κ2) is 9.50. The minimum atomic E-state index is -0.165. The molecule has 4 heterocycles. The lowest BCUT2D eigenvalue weighted by Crippen LogP contribution is -2.44. The molecular weight excluding hydrogens is 468 g/mol. The lowest BCUT2D eigenvalue weighted by Gasteiger charge is -2.37. The SMILES string of the molecule is C[C@@H](C[C@H]1C[C@H](NC(=O)c2cnc3cc(Oc4ccccn4)ccn23)C1)c1n[nH]c(=O)c2ccccc12. The molecule has 9 heteroatoms. The zero-order valence-electron chi connectivity index (χ0n) is 20.3. The summed E-state index contributed by atoms with van der Waals surface area (Å²) >= 11 is 0. The number of carbonyl (C=O) groups is 1. The number of pyridine rings is 2. The number of hydrogen-bond donors (Lipinski definition) is 2. The molecule has 0 bridgehead atoms. The van der Waals surface area contributed by atoms with Crippen LogP contribution in [0.25, 0.3) is 16.4 Å². The first-order valence-electron chi connectivity index (χ1n) is 12.4. The Balaban J connectivity index is 1.06. The van der Waals surface area contributed by atoms with Crippen LogP contribution in [0, 0.1) is 5.92 Å². The Hall–Kier alpha value is -4.53. The van der Waals surface area contributed by atoms with Gasteiger partial charge in [0.25, 0.3) is 11.5 Å². The van der Waals surface area contributed by atoms with Crippen molar-refractivity contribution in [3.05, 3.63) is 94.9 Å². The number of aromatic amines is 1. The Morgan fingerprint density at radius 2 is 1.95 bits per heavy atom. The van der Waals surface area contributed by atoms with E-state index in [1.165, 1.54) is 0 Å². The number of fused-ring (bicyclic) bond motifs is 2. The van der Waals surface area contributed by atoms with Crippen molar-refractivity contribution in [1.82, 2.24) is 29.9 Å². The molecule has 37 heavy (non-hydrogen) atoms. The summed E-state index contributed by atoms with van der Waals surface area (Å²) in [6.45, 7) is 2.14. The molecule has 1 atom stereocenters. The molecule has 1 fully saturated rings. The number of benzene rings is 1. The molecule has 9 nitrogen and oxygen atoms in total. The van der Waals surface area contributed by atoms with E-state index in [2.05, 4.69) is 32.4 Å². The fourth-order valence-corrected chi connectivity index (χ4v) is 5.15. The summed E-state index contributed by atoms with van der Waals surface area (Å²) in [7, 11) is 0. The van der Waals surface area contributed by atoms with Gasteiger partial charge in [0.2, 0.25) is 5.88 Å². The zero-order chi connectivity index (χ0) is 25.4. The van der Waals surface area contributed by atoms with Gasteiger partial charge in [0, 0.05) is 41.9 Å². The summed E-state index contributed by atoms with van der Waals surface area (Å²) in [5, 5.41) is 11.7. The molecular formula is C28H26N6O3. The summed E-state index contributed by atoms with van der Waals surface area (Å²) in [4.78, 5) is 33.6. The largest absolute Gasteiger partial charge is 0.439 e. The van der Waals surface area contributed by atoms with E-state index in [-0.39, 0.29) is 23.4 Å². The summed E-state index contributed by atoms with van der Waals surface area (Å²) in [6, 6.07) is 16.7. The van der Waals surface area contributed by atoms with Gasteiger partial charge in [0.1, 0.15) is 17.1 Å². The molecule has 4 aromatic heterocycles. The first-order chi connectivity index (χ1) is 18.0. The number of aromatic nitrogens is 5. The highest BCUT2D eigenvalue weighted by Gasteiger charge is 2.32. The number of hydrogen-bond acceptors (Lipinski definition) is 6. The molecule has 5 aromatic rings. The molecule has 2 N–H and O–H groups in total. The van der Waals surface area contributed by atoms with Gasteiger partial charge in [0.05, 0.1) is 17.3 Å². The van der Waals surface area contributed by atoms with Crippen LogP contribution in [0.1, 0.15) is 48.3 Å². The average Bonchev–Trinajstić information content (AvgIpc) is 3.32. The van der Waals surface area contributed by atoms with Gasteiger partial charge in [-0.25, -0.2) is 15.1 Å². The van der Waals surface area contributed by atoms with Gasteiger partial charge in [0.15, 0.2) is 0 Å². The van der Waals surface area contributed by atoms with E-state index in [0.717, 1.165) is 30.3 Å². The Morgan fingerprint density at radius 1 is 1.14 bits per heavy atom. The van der Waals surface area contributed by atoms with E-state index in [1.807, 2.05) is 36.4 Å². The van der Waals surface area contributed by atoms with Crippen LogP contribution in [0.2, 0.25) is 0 Å². The smallest absolute Gasteiger partial charge is 0.272 e. The van der Waals surface area contributed by atoms with Gasteiger partial charge in [-0.2, -0.15) is 5.10 Å². The molecule has 6 rings (SSSR count). The molecule has 0 aliphatic heterocycles. The van der Waals surface area contributed by atoms with Gasteiger partial charge in [-0.15, -0.1) is 0 Å². The number of rotatable bonds is 7. The molecule has 0 unspecified atom stereocenters. The Kier molecular flexibility index (Phi) is 5.88. The maximum Gasteiger partial charge on any atom is 0.272 e. The quantitative estimate of drug-likeness (QED) is 0.345. The molecule has 186 valence electrons. The first kappa shape index (κ1) is 22.9. The standard InChI is InChI=1S/C28H26N6O3/c1-17(26-21-6-2-3-7-22(21)27(35)33-32-26)12-18-13-19(14-18)31-28(36)23-16-30-24-15-20(9-11-34(23)24)37-25-8-4-5-10-29-25/h2-11,15-19H,12-14H2,1H3,(H,31,36)(H,33,35)/t17-,18-,19-/m0/s1. The fraction of sp³-hybridized carbons (Fsp3) is 0.250. The van der Waals surface area contributed by atoms with Crippen LogP contribution >= 0.6 is 0 Å². The van der Waals surface area contributed by atoms with E-state index < -0.39 is 0 Å². The molecule has 1 aromatic carbocycles. The minimum Gasteiger partial charge on any atom is -0.439 e. The number of nitrogens with one attached hydrogen (secondary N) is 2. The van der Waals surface area contributed by atoms with Crippen LogP contribution < -0.4 is 15.6 Å². The van der Waals surface area contributed by atoms with Crippen molar-refractivity contribution in [1.29, 1.82) is 0 Å². The van der Waals surface area contributed by atoms with Crippen LogP contribution in [0.15, 0.2) is 78.0 Å². The summed E-state index contributed by atoms with van der Waals surface area (Å²) in [5.41, 5.74) is 1.86. The molecule has 0 radical (unpaired) electrons. The van der Waals surface area contributed by atoms with Crippen molar-refractivity contribution in [2.24, 2.45) is 5.92 Å². The number of carbonyl (C=O) groups excluding carboxylic acids is 1. The number of amides is 1. The van der Waals surface area contributed by atoms with Gasteiger partial charge in [-0.3, -0.25) is 14.0 Å². The van der Waals surface area contributed by atoms with Crippen molar-refractivity contribution in [2.75, 3.05) is 0 Å². The van der Waals surface area contributed by atoms with E-state index >= 15 is 0 Å². The van der Waals surface area contributed by atoms with Gasteiger partial charge >= 0.3 is 0 Å². The number of imidazole rings is 1. The molecule has 1 saturated carbocycles. The molecule has 0 saturated heterocycles. The van der Waals surface area contributed by atoms with Crippen LogP contribution in [0.3, 0.4) is 0 Å². The van der Waals surface area contributed by atoms with Gasteiger partial charge in [-0.05, 0) is 43.4 Å². The summed E-state index contributed by atoms with van der Waals surface area (Å²) in [6.07, 6.45) is 7.80. The Bertz CT molecular complexity index is 1640. The van der Waals surface area contributed by atoms with E-state index in [4.69, 9.17) is 4.74 Å². The monoisotopic (exact) mass is 494 g/mol. The number of ether oxygens (including phenoxy) is 1. The van der Waals surface area contributed by atoms with E-state index in [0.29, 0.717) is 34.3 Å². The van der Waals surface area contributed by atoms with Crippen molar-refractivity contribution in [3.63, 3.8) is 0 Å². The number of H-pyrrole nitrogens is 1. The average molecular weight is 495 g/mol. The zero-order valence-corrected chi connectivity index (χ0v) is 20.3. The second-order valence-corrected chi connectivity index (χ2v) is 9.63. The third kappa shape index (κ3) is 4.55. The Labute approximate surface area is 212 Å². The third-order valence-corrected chi connectivity index (χ3v) is 7.03.